The molecule has 0 aliphatic carbocycles. The van der Waals surface area contributed by atoms with Crippen LogP contribution >= 0.6 is 22.9 Å². The minimum atomic E-state index is -5.21. The number of halogens is 4. The largest absolute Gasteiger partial charge is 0.507 e. The molecule has 176 valence electrons. The van der Waals surface area contributed by atoms with Crippen LogP contribution in [0, 0.1) is 0 Å². The van der Waals surface area contributed by atoms with Gasteiger partial charge in [-0.3, -0.25) is 4.79 Å². The Bertz CT molecular complexity index is 1280. The molecule has 3 N–H and O–H groups in total. The van der Waals surface area contributed by atoms with Crippen LogP contribution in [0.2, 0.25) is 5.02 Å². The highest BCUT2D eigenvalue weighted by Crippen LogP contribution is 2.42. The summed E-state index contributed by atoms with van der Waals surface area (Å²) in [6.07, 6.45) is -3.93. The third-order valence-electron chi connectivity index (χ3n) is 4.79. The Morgan fingerprint density at radius 2 is 1.88 bits per heavy atom. The van der Waals surface area contributed by atoms with E-state index in [1.165, 1.54) is 29.8 Å². The smallest absolute Gasteiger partial charge is 0.419 e. The lowest BCUT2D eigenvalue weighted by Gasteiger charge is -2.35. The number of hydrogen-bond acceptors (Lipinski definition) is 7. The highest BCUT2D eigenvalue weighted by molar-refractivity contribution is 7.93. The number of amides is 1. The van der Waals surface area contributed by atoms with Crippen LogP contribution in [0.1, 0.15) is 28.9 Å². The standard InChI is InChI=1S/C20H16ClF3N2O5S2/c1-19(29,20(22,23)24)16(26-17(28)13-4-2-3-5-15(13)27)12-7-6-11(10-14(12)21)33(30,31)18-25-8-9-32-18/h2-10,16,27,29H,1H3,(H,26,28). The number of nitrogens with one attached hydrogen (secondary N) is 1. The number of rotatable bonds is 6. The quantitative estimate of drug-likeness (QED) is 0.450. The molecule has 2 aromatic carbocycles. The third-order valence-corrected chi connectivity index (χ3v) is 8.07. The molecule has 0 fully saturated rings. The van der Waals surface area contributed by atoms with Crippen molar-refractivity contribution in [3.8, 4) is 5.75 Å². The van der Waals surface area contributed by atoms with Crippen molar-refractivity contribution in [2.45, 2.75) is 34.0 Å². The van der Waals surface area contributed by atoms with E-state index in [1.54, 1.807) is 0 Å². The van der Waals surface area contributed by atoms with E-state index in [9.17, 15) is 36.6 Å². The van der Waals surface area contributed by atoms with Crippen molar-refractivity contribution in [3.05, 3.63) is 70.2 Å². The number of nitrogens with zero attached hydrogens (tertiary/aromatic N) is 1. The summed E-state index contributed by atoms with van der Waals surface area (Å²) in [6.45, 7) is 0.444. The summed E-state index contributed by atoms with van der Waals surface area (Å²) >= 11 is 6.99. The van der Waals surface area contributed by atoms with Gasteiger partial charge in [0.1, 0.15) is 5.75 Å². The number of aliphatic hydroxyl groups is 1. The first kappa shape index (κ1) is 25.0. The van der Waals surface area contributed by atoms with Gasteiger partial charge in [0.2, 0.25) is 14.2 Å². The second-order valence-electron chi connectivity index (χ2n) is 7.05. The highest BCUT2D eigenvalue weighted by Gasteiger charge is 2.56. The molecule has 0 radical (unpaired) electrons. The van der Waals surface area contributed by atoms with Gasteiger partial charge in [-0.1, -0.05) is 29.8 Å². The van der Waals surface area contributed by atoms with Gasteiger partial charge in [-0.25, -0.2) is 13.4 Å². The zero-order valence-corrected chi connectivity index (χ0v) is 19.1. The predicted octanol–water partition coefficient (Wildman–Crippen LogP) is 4.12. The highest BCUT2D eigenvalue weighted by atomic mass is 35.5. The number of aromatic nitrogens is 1. The van der Waals surface area contributed by atoms with E-state index in [0.717, 1.165) is 35.6 Å². The van der Waals surface area contributed by atoms with Crippen molar-refractivity contribution in [2.75, 3.05) is 0 Å². The summed E-state index contributed by atoms with van der Waals surface area (Å²) in [4.78, 5) is 16.0. The second-order valence-corrected chi connectivity index (χ2v) is 10.5. The van der Waals surface area contributed by atoms with Crippen molar-refractivity contribution in [1.29, 1.82) is 0 Å². The molecule has 2 unspecified atom stereocenters. The number of carbonyl (C=O) groups excluding carboxylic acids is 1. The average Bonchev–Trinajstić information content (AvgIpc) is 3.27. The van der Waals surface area contributed by atoms with Crippen LogP contribution in [-0.2, 0) is 9.84 Å². The van der Waals surface area contributed by atoms with E-state index in [1.807, 2.05) is 0 Å². The fourth-order valence-electron chi connectivity index (χ4n) is 2.91. The molecule has 7 nitrogen and oxygen atoms in total. The molecule has 2 atom stereocenters. The molecule has 3 aromatic rings. The summed E-state index contributed by atoms with van der Waals surface area (Å²) in [6, 6.07) is 5.88. The normalized spacial score (nSPS) is 15.0. The van der Waals surface area contributed by atoms with Crippen LogP contribution in [0.3, 0.4) is 0 Å². The van der Waals surface area contributed by atoms with Crippen molar-refractivity contribution in [3.63, 3.8) is 0 Å². The molecule has 1 aromatic heterocycles. The summed E-state index contributed by atoms with van der Waals surface area (Å²) in [5, 5.41) is 23.2. The van der Waals surface area contributed by atoms with Gasteiger partial charge in [-0.15, -0.1) is 11.3 Å². The molecule has 3 rings (SSSR count). The van der Waals surface area contributed by atoms with Gasteiger partial charge in [0.05, 0.1) is 16.5 Å². The van der Waals surface area contributed by atoms with E-state index in [0.29, 0.717) is 6.92 Å². The molecule has 33 heavy (non-hydrogen) atoms. The first-order valence-electron chi connectivity index (χ1n) is 9.09. The molecule has 0 saturated heterocycles. The van der Waals surface area contributed by atoms with E-state index in [4.69, 9.17) is 11.6 Å². The average molecular weight is 521 g/mol. The van der Waals surface area contributed by atoms with Crippen LogP contribution in [0.15, 0.2) is 63.3 Å². The summed E-state index contributed by atoms with van der Waals surface area (Å²) < 4.78 is 66.1. The van der Waals surface area contributed by atoms with Crippen molar-refractivity contribution in [1.82, 2.24) is 10.3 Å². The SMILES string of the molecule is CC(O)(C(NC(=O)c1ccccc1O)c1ccc(S(=O)(=O)c2nccs2)cc1Cl)C(F)(F)F. The van der Waals surface area contributed by atoms with E-state index in [2.05, 4.69) is 10.3 Å². The monoisotopic (exact) mass is 520 g/mol. The number of alkyl halides is 3. The lowest BCUT2D eigenvalue weighted by molar-refractivity contribution is -0.263. The fraction of sp³-hybridized carbons (Fsp3) is 0.200. The molecule has 0 bridgehead atoms. The van der Waals surface area contributed by atoms with Crippen LogP contribution in [0.25, 0.3) is 0 Å². The fourth-order valence-corrected chi connectivity index (χ4v) is 5.51. The number of benzene rings is 2. The summed E-state index contributed by atoms with van der Waals surface area (Å²) in [5.41, 5.74) is -4.23. The third kappa shape index (κ3) is 4.83. The minimum Gasteiger partial charge on any atom is -0.507 e. The molecular formula is C20H16ClF3N2O5S2. The van der Waals surface area contributed by atoms with Crippen LogP contribution < -0.4 is 5.32 Å². The molecule has 0 aliphatic heterocycles. The number of phenolic OH excluding ortho intramolecular Hbond substituents is 1. The van der Waals surface area contributed by atoms with Gasteiger partial charge in [0, 0.05) is 16.6 Å². The van der Waals surface area contributed by atoms with Gasteiger partial charge in [0.25, 0.3) is 5.91 Å². The van der Waals surface area contributed by atoms with E-state index >= 15 is 0 Å². The molecule has 13 heteroatoms. The van der Waals surface area contributed by atoms with Crippen molar-refractivity contribution in [2.24, 2.45) is 0 Å². The first-order valence-corrected chi connectivity index (χ1v) is 11.8. The number of para-hydroxylation sites is 1. The predicted molar refractivity (Wildman–Crippen MR) is 114 cm³/mol. The van der Waals surface area contributed by atoms with Gasteiger partial charge in [-0.2, -0.15) is 13.2 Å². The molecule has 0 spiro atoms. The maximum atomic E-state index is 13.7. The molecule has 0 aliphatic rings. The first-order chi connectivity index (χ1) is 15.3. The summed E-state index contributed by atoms with van der Waals surface area (Å²) in [7, 11) is -4.08. The maximum absolute atomic E-state index is 13.7. The van der Waals surface area contributed by atoms with E-state index in [-0.39, 0.29) is 20.4 Å². The van der Waals surface area contributed by atoms with Gasteiger partial charge in [0.15, 0.2) is 5.60 Å². The number of aromatic hydroxyl groups is 1. The summed E-state index contributed by atoms with van der Waals surface area (Å²) in [5.74, 6) is -1.60. The maximum Gasteiger partial charge on any atom is 0.419 e. The Hall–Kier alpha value is -2.67. The Balaban J connectivity index is 2.08. The number of carbonyl (C=O) groups is 1. The molecule has 1 heterocycles. The Morgan fingerprint density at radius 3 is 2.42 bits per heavy atom. The topological polar surface area (TPSA) is 117 Å². The number of hydrogen-bond donors (Lipinski definition) is 3. The minimum absolute atomic E-state index is 0.238. The van der Waals surface area contributed by atoms with Crippen molar-refractivity contribution < 1.29 is 36.6 Å². The van der Waals surface area contributed by atoms with Crippen LogP contribution in [0.5, 0.6) is 5.75 Å². The molecular weight excluding hydrogens is 505 g/mol. The lowest BCUT2D eigenvalue weighted by Crippen LogP contribution is -2.53. The van der Waals surface area contributed by atoms with Gasteiger partial charge < -0.3 is 15.5 Å². The zero-order chi connectivity index (χ0) is 24.6. The molecule has 1 amide bonds. The second kappa shape index (κ2) is 8.93. The van der Waals surface area contributed by atoms with Crippen LogP contribution in [0.4, 0.5) is 13.2 Å². The van der Waals surface area contributed by atoms with Gasteiger partial charge in [-0.05, 0) is 36.8 Å². The Labute approximate surface area is 195 Å². The van der Waals surface area contributed by atoms with Crippen molar-refractivity contribution >= 4 is 38.7 Å². The number of sulfone groups is 1. The lowest BCUT2D eigenvalue weighted by atomic mass is 9.89. The van der Waals surface area contributed by atoms with Gasteiger partial charge >= 0.3 is 6.18 Å². The number of phenols is 1. The Morgan fingerprint density at radius 1 is 1.21 bits per heavy atom. The molecule has 0 saturated carbocycles. The van der Waals surface area contributed by atoms with E-state index < -0.39 is 44.3 Å². The zero-order valence-electron chi connectivity index (χ0n) is 16.7. The Kier molecular flexibility index (Phi) is 6.76. The number of thiazole rings is 1. The van der Waals surface area contributed by atoms with Crippen LogP contribution in [-0.4, -0.2) is 41.3 Å².